The fourth-order valence-electron chi connectivity index (χ4n) is 1.27. The summed E-state index contributed by atoms with van der Waals surface area (Å²) in [7, 11) is 0. The molecule has 0 saturated heterocycles. The predicted molar refractivity (Wildman–Crippen MR) is 64.6 cm³/mol. The third-order valence-electron chi connectivity index (χ3n) is 2.07. The van der Waals surface area contributed by atoms with Crippen molar-refractivity contribution in [1.82, 2.24) is 9.97 Å². The van der Waals surface area contributed by atoms with Crippen LogP contribution in [-0.2, 0) is 0 Å². The fraction of sp³-hybridized carbons (Fsp3) is 0. The highest BCUT2D eigenvalue weighted by molar-refractivity contribution is 6.31. The molecule has 0 unspecified atom stereocenters. The molecule has 2 aromatic rings. The Morgan fingerprint density at radius 2 is 2.21 bits per heavy atom. The summed E-state index contributed by atoms with van der Waals surface area (Å²) in [4.78, 5) is 17.2. The Morgan fingerprint density at radius 3 is 2.89 bits per heavy atom. The Labute approximate surface area is 111 Å². The van der Waals surface area contributed by atoms with Gasteiger partial charge in [-0.25, -0.2) is 9.37 Å². The van der Waals surface area contributed by atoms with E-state index in [1.807, 2.05) is 0 Å². The molecule has 19 heavy (non-hydrogen) atoms. The number of nitrogens with two attached hydrogens (primary N) is 1. The van der Waals surface area contributed by atoms with Crippen molar-refractivity contribution in [2.24, 2.45) is 0 Å². The van der Waals surface area contributed by atoms with Gasteiger partial charge >= 0.3 is 5.69 Å². The van der Waals surface area contributed by atoms with Crippen LogP contribution in [0.3, 0.4) is 0 Å². The van der Waals surface area contributed by atoms with Crippen LogP contribution in [0.15, 0.2) is 24.4 Å². The lowest BCUT2D eigenvalue weighted by Gasteiger charge is -2.07. The van der Waals surface area contributed by atoms with Crippen LogP contribution in [0.1, 0.15) is 0 Å². The van der Waals surface area contributed by atoms with Gasteiger partial charge in [-0.05, 0) is 6.07 Å². The molecule has 0 aliphatic carbocycles. The molecule has 2 rings (SSSR count). The molecule has 0 amide bonds. The van der Waals surface area contributed by atoms with Crippen molar-refractivity contribution in [2.75, 3.05) is 5.73 Å². The van der Waals surface area contributed by atoms with Crippen LogP contribution in [0.25, 0.3) is 0 Å². The Kier molecular flexibility index (Phi) is 3.43. The maximum absolute atomic E-state index is 13.6. The molecule has 0 aliphatic rings. The molecule has 0 atom stereocenters. The van der Waals surface area contributed by atoms with Gasteiger partial charge in [-0.2, -0.15) is 4.98 Å². The maximum atomic E-state index is 13.6. The molecule has 2 N–H and O–H groups in total. The number of hydrogen-bond donors (Lipinski definition) is 1. The first-order valence-electron chi connectivity index (χ1n) is 4.88. The zero-order chi connectivity index (χ0) is 14.0. The van der Waals surface area contributed by atoms with Crippen molar-refractivity contribution < 1.29 is 14.1 Å². The summed E-state index contributed by atoms with van der Waals surface area (Å²) in [6.45, 7) is 0. The zero-order valence-corrected chi connectivity index (χ0v) is 9.96. The first-order valence-corrected chi connectivity index (χ1v) is 5.25. The number of nitro benzene ring substituents is 1. The zero-order valence-electron chi connectivity index (χ0n) is 9.21. The second-order valence-electron chi connectivity index (χ2n) is 3.33. The van der Waals surface area contributed by atoms with Crippen LogP contribution in [0.4, 0.5) is 16.0 Å². The number of nitrogens with zero attached hydrogens (tertiary/aromatic N) is 3. The minimum atomic E-state index is -0.914. The standard InChI is InChI=1S/C10H6ClFN4O3/c11-5-4-14-10(13)15-9(5)19-8-6(12)2-1-3-7(8)16(17)18/h1-4H,(H2,13,14,15). The summed E-state index contributed by atoms with van der Waals surface area (Å²) in [6, 6.07) is 3.30. The monoisotopic (exact) mass is 284 g/mol. The number of para-hydroxylation sites is 1. The highest BCUT2D eigenvalue weighted by atomic mass is 35.5. The average molecular weight is 285 g/mol. The van der Waals surface area contributed by atoms with E-state index in [0.717, 1.165) is 18.3 Å². The lowest BCUT2D eigenvalue weighted by molar-refractivity contribution is -0.385. The number of nitro groups is 1. The summed E-state index contributed by atoms with van der Waals surface area (Å²) >= 11 is 5.73. The van der Waals surface area contributed by atoms with Crippen LogP contribution in [0.5, 0.6) is 11.6 Å². The molecule has 0 radical (unpaired) electrons. The smallest absolute Gasteiger partial charge is 0.314 e. The van der Waals surface area contributed by atoms with Gasteiger partial charge in [-0.15, -0.1) is 0 Å². The molecule has 0 aliphatic heterocycles. The van der Waals surface area contributed by atoms with Crippen LogP contribution in [0.2, 0.25) is 5.02 Å². The molecule has 1 aromatic carbocycles. The summed E-state index contributed by atoms with van der Waals surface area (Å²) in [5, 5.41) is 10.7. The molecule has 1 aromatic heterocycles. The molecular formula is C10H6ClFN4O3. The van der Waals surface area contributed by atoms with Gasteiger partial charge in [0.25, 0.3) is 0 Å². The Morgan fingerprint density at radius 1 is 1.47 bits per heavy atom. The number of nitrogen functional groups attached to an aromatic ring is 1. The number of ether oxygens (including phenoxy) is 1. The van der Waals surface area contributed by atoms with Gasteiger partial charge in [0.1, 0.15) is 5.02 Å². The van der Waals surface area contributed by atoms with Crippen LogP contribution in [-0.4, -0.2) is 14.9 Å². The summed E-state index contributed by atoms with van der Waals surface area (Å²) in [5.74, 6) is -1.92. The summed E-state index contributed by atoms with van der Waals surface area (Å²) in [5.41, 5.74) is 4.78. The topological polar surface area (TPSA) is 104 Å². The van der Waals surface area contributed by atoms with E-state index in [1.165, 1.54) is 6.07 Å². The maximum Gasteiger partial charge on any atom is 0.314 e. The lowest BCUT2D eigenvalue weighted by atomic mass is 10.3. The number of anilines is 1. The number of rotatable bonds is 3. The van der Waals surface area contributed by atoms with Gasteiger partial charge in [0.15, 0.2) is 5.82 Å². The normalized spacial score (nSPS) is 10.2. The minimum absolute atomic E-state index is 0.0493. The van der Waals surface area contributed by atoms with Crippen molar-refractivity contribution in [1.29, 1.82) is 0 Å². The van der Waals surface area contributed by atoms with Crippen molar-refractivity contribution in [3.63, 3.8) is 0 Å². The van der Waals surface area contributed by atoms with Crippen molar-refractivity contribution in [3.05, 3.63) is 45.4 Å². The number of aromatic nitrogens is 2. The van der Waals surface area contributed by atoms with Gasteiger partial charge in [0.05, 0.1) is 11.1 Å². The van der Waals surface area contributed by atoms with Gasteiger partial charge < -0.3 is 10.5 Å². The molecule has 98 valence electrons. The molecule has 1 heterocycles. The fourth-order valence-corrected chi connectivity index (χ4v) is 1.40. The van der Waals surface area contributed by atoms with Gasteiger partial charge in [0.2, 0.25) is 17.6 Å². The second kappa shape index (κ2) is 5.02. The van der Waals surface area contributed by atoms with E-state index in [-0.39, 0.29) is 16.9 Å². The predicted octanol–water partition coefficient (Wildman–Crippen LogP) is 2.55. The second-order valence-corrected chi connectivity index (χ2v) is 3.74. The van der Waals surface area contributed by atoms with E-state index < -0.39 is 22.2 Å². The van der Waals surface area contributed by atoms with E-state index in [0.29, 0.717) is 0 Å². The highest BCUT2D eigenvalue weighted by Gasteiger charge is 2.21. The van der Waals surface area contributed by atoms with Crippen LogP contribution >= 0.6 is 11.6 Å². The minimum Gasteiger partial charge on any atom is -0.427 e. The van der Waals surface area contributed by atoms with E-state index in [9.17, 15) is 14.5 Å². The van der Waals surface area contributed by atoms with E-state index in [1.54, 1.807) is 0 Å². The Hall–Kier alpha value is -2.48. The van der Waals surface area contributed by atoms with Crippen molar-refractivity contribution in [2.45, 2.75) is 0 Å². The molecule has 0 saturated carbocycles. The molecule has 0 spiro atoms. The average Bonchev–Trinajstić information content (AvgIpc) is 2.35. The SMILES string of the molecule is Nc1ncc(Cl)c(Oc2c(F)cccc2[N+](=O)[O-])n1. The first kappa shape index (κ1) is 13.0. The first-order chi connectivity index (χ1) is 8.99. The Balaban J connectivity index is 2.49. The van der Waals surface area contributed by atoms with Crippen molar-refractivity contribution in [3.8, 4) is 11.6 Å². The van der Waals surface area contributed by atoms with E-state index in [4.69, 9.17) is 22.1 Å². The third kappa shape index (κ3) is 2.68. The molecule has 0 fully saturated rings. The molecular weight excluding hydrogens is 279 g/mol. The quantitative estimate of drug-likeness (QED) is 0.686. The van der Waals surface area contributed by atoms with Gasteiger partial charge in [-0.3, -0.25) is 10.1 Å². The van der Waals surface area contributed by atoms with Gasteiger partial charge in [0, 0.05) is 6.07 Å². The lowest BCUT2D eigenvalue weighted by Crippen LogP contribution is -2.00. The van der Waals surface area contributed by atoms with Crippen LogP contribution < -0.4 is 10.5 Å². The van der Waals surface area contributed by atoms with E-state index >= 15 is 0 Å². The van der Waals surface area contributed by atoms with Crippen LogP contribution in [0, 0.1) is 15.9 Å². The Bertz CT molecular complexity index is 653. The third-order valence-corrected chi connectivity index (χ3v) is 2.33. The van der Waals surface area contributed by atoms with Crippen molar-refractivity contribution >= 4 is 23.2 Å². The van der Waals surface area contributed by atoms with E-state index in [2.05, 4.69) is 9.97 Å². The molecule has 9 heteroatoms. The largest absolute Gasteiger partial charge is 0.427 e. The number of benzene rings is 1. The summed E-state index contributed by atoms with van der Waals surface area (Å²) < 4.78 is 18.6. The number of halogens is 2. The summed E-state index contributed by atoms with van der Waals surface area (Å²) in [6.07, 6.45) is 1.14. The molecule has 0 bridgehead atoms. The molecule has 7 nitrogen and oxygen atoms in total. The van der Waals surface area contributed by atoms with Gasteiger partial charge in [-0.1, -0.05) is 17.7 Å². The number of hydrogen-bond acceptors (Lipinski definition) is 6. The highest BCUT2D eigenvalue weighted by Crippen LogP contribution is 2.35.